The zero-order valence-corrected chi connectivity index (χ0v) is 12.6. The van der Waals surface area contributed by atoms with Crippen molar-refractivity contribution in [1.29, 1.82) is 0 Å². The lowest BCUT2D eigenvalue weighted by Crippen LogP contribution is -2.39. The lowest BCUT2D eigenvalue weighted by molar-refractivity contribution is 0.282. The Morgan fingerprint density at radius 3 is 2.53 bits per heavy atom. The summed E-state index contributed by atoms with van der Waals surface area (Å²) in [5.41, 5.74) is 0. The lowest BCUT2D eigenvalue weighted by atomic mass is 9.84. The molecule has 1 unspecified atom stereocenters. The zero-order chi connectivity index (χ0) is 13.5. The van der Waals surface area contributed by atoms with Crippen molar-refractivity contribution in [3.8, 4) is 0 Å². The van der Waals surface area contributed by atoms with Gasteiger partial charge in [-0.05, 0) is 25.3 Å². The van der Waals surface area contributed by atoms with Gasteiger partial charge >= 0.3 is 0 Å². The van der Waals surface area contributed by atoms with Gasteiger partial charge in [-0.15, -0.1) is 0 Å². The summed E-state index contributed by atoms with van der Waals surface area (Å²) in [7, 11) is 2.10. The number of aryl methyl sites for hydroxylation is 1. The first kappa shape index (κ1) is 14.6. The van der Waals surface area contributed by atoms with Crippen LogP contribution in [0.2, 0.25) is 0 Å². The molecule has 1 aromatic rings. The van der Waals surface area contributed by atoms with Gasteiger partial charge in [-0.1, -0.05) is 39.0 Å². The summed E-state index contributed by atoms with van der Waals surface area (Å²) < 4.78 is 2.16. The van der Waals surface area contributed by atoms with E-state index in [4.69, 9.17) is 0 Å². The highest BCUT2D eigenvalue weighted by Gasteiger charge is 2.22. The molecule has 2 rings (SSSR count). The van der Waals surface area contributed by atoms with Crippen LogP contribution in [-0.2, 0) is 13.5 Å². The Balaban J connectivity index is 1.98. The zero-order valence-electron chi connectivity index (χ0n) is 12.6. The maximum atomic E-state index is 4.50. The molecule has 1 N–H and O–H groups in total. The highest BCUT2D eigenvalue weighted by molar-refractivity contribution is 4.96. The normalized spacial score (nSPS) is 19.9. The number of hydrogen-bond donors (Lipinski definition) is 1. The predicted octanol–water partition coefficient (Wildman–Crippen LogP) is 3.30. The quantitative estimate of drug-likeness (QED) is 0.883. The van der Waals surface area contributed by atoms with Gasteiger partial charge in [0.1, 0.15) is 5.82 Å². The van der Waals surface area contributed by atoms with Crippen LogP contribution in [0, 0.1) is 5.92 Å². The first-order valence-corrected chi connectivity index (χ1v) is 8.01. The molecule has 0 saturated heterocycles. The molecular weight excluding hydrogens is 234 g/mol. The maximum Gasteiger partial charge on any atom is 0.109 e. The second-order valence-electron chi connectivity index (χ2n) is 5.93. The van der Waals surface area contributed by atoms with Gasteiger partial charge in [0, 0.05) is 31.9 Å². The Kier molecular flexibility index (Phi) is 5.90. The lowest BCUT2D eigenvalue weighted by Gasteiger charge is -2.29. The monoisotopic (exact) mass is 263 g/mol. The van der Waals surface area contributed by atoms with E-state index in [9.17, 15) is 0 Å². The van der Waals surface area contributed by atoms with Crippen molar-refractivity contribution in [3.05, 3.63) is 18.2 Å². The molecule has 1 aliphatic carbocycles. The average molecular weight is 263 g/mol. The molecule has 0 radical (unpaired) electrons. The standard InChI is InChI=1S/C16H29N3/c1-3-17-15(13-16-18-11-12-19(16)2)14-9-7-5-4-6-8-10-14/h11-12,14-15,17H,3-10,13H2,1-2H3. The molecule has 0 bridgehead atoms. The fraction of sp³-hybridized carbons (Fsp3) is 0.812. The minimum Gasteiger partial charge on any atom is -0.338 e. The van der Waals surface area contributed by atoms with E-state index in [1.807, 2.05) is 6.20 Å². The van der Waals surface area contributed by atoms with Gasteiger partial charge in [-0.2, -0.15) is 0 Å². The summed E-state index contributed by atoms with van der Waals surface area (Å²) in [5.74, 6) is 2.05. The number of nitrogens with one attached hydrogen (secondary N) is 1. The number of imidazole rings is 1. The van der Waals surface area contributed by atoms with Crippen LogP contribution >= 0.6 is 0 Å². The van der Waals surface area contributed by atoms with Crippen LogP contribution in [0.3, 0.4) is 0 Å². The van der Waals surface area contributed by atoms with E-state index in [1.165, 1.54) is 50.8 Å². The largest absolute Gasteiger partial charge is 0.338 e. The van der Waals surface area contributed by atoms with Crippen molar-refractivity contribution >= 4 is 0 Å². The first-order valence-electron chi connectivity index (χ1n) is 8.01. The van der Waals surface area contributed by atoms with Crippen molar-refractivity contribution in [3.63, 3.8) is 0 Å². The Bertz CT molecular complexity index is 351. The van der Waals surface area contributed by atoms with Gasteiger partial charge in [0.05, 0.1) is 0 Å². The number of hydrogen-bond acceptors (Lipinski definition) is 2. The minimum absolute atomic E-state index is 0.601. The number of rotatable bonds is 5. The molecule has 19 heavy (non-hydrogen) atoms. The Morgan fingerprint density at radius 2 is 1.95 bits per heavy atom. The molecule has 1 saturated carbocycles. The molecule has 1 heterocycles. The molecule has 3 nitrogen and oxygen atoms in total. The fourth-order valence-corrected chi connectivity index (χ4v) is 3.35. The average Bonchev–Trinajstić information content (AvgIpc) is 2.74. The fourth-order valence-electron chi connectivity index (χ4n) is 3.35. The molecule has 1 atom stereocenters. The minimum atomic E-state index is 0.601. The third-order valence-corrected chi connectivity index (χ3v) is 4.51. The highest BCUT2D eigenvalue weighted by Crippen LogP contribution is 2.26. The van der Waals surface area contributed by atoms with E-state index in [1.54, 1.807) is 0 Å². The summed E-state index contributed by atoms with van der Waals surface area (Å²) in [6.45, 7) is 3.28. The Labute approximate surface area is 117 Å². The van der Waals surface area contributed by atoms with Gasteiger partial charge in [0.25, 0.3) is 0 Å². The van der Waals surface area contributed by atoms with E-state index in [0.717, 1.165) is 18.9 Å². The van der Waals surface area contributed by atoms with Gasteiger partial charge in [0.2, 0.25) is 0 Å². The summed E-state index contributed by atoms with van der Waals surface area (Å²) in [6, 6.07) is 0.601. The van der Waals surface area contributed by atoms with Gasteiger partial charge in [-0.25, -0.2) is 4.98 Å². The number of likely N-dealkylation sites (N-methyl/N-ethyl adjacent to an activating group) is 1. The molecule has 108 valence electrons. The van der Waals surface area contributed by atoms with Crippen molar-refractivity contribution in [2.24, 2.45) is 13.0 Å². The van der Waals surface area contributed by atoms with E-state index in [-0.39, 0.29) is 0 Å². The third kappa shape index (κ3) is 4.34. The highest BCUT2D eigenvalue weighted by atomic mass is 15.0. The van der Waals surface area contributed by atoms with Crippen LogP contribution in [0.15, 0.2) is 12.4 Å². The molecule has 0 aliphatic heterocycles. The van der Waals surface area contributed by atoms with Gasteiger partial charge in [-0.3, -0.25) is 0 Å². The van der Waals surface area contributed by atoms with Crippen molar-refractivity contribution in [2.45, 2.75) is 64.3 Å². The summed E-state index contributed by atoms with van der Waals surface area (Å²) >= 11 is 0. The Hall–Kier alpha value is -0.830. The SMILES string of the molecule is CCNC(Cc1nccn1C)C1CCCCCCC1. The van der Waals surface area contributed by atoms with Crippen LogP contribution in [0.25, 0.3) is 0 Å². The van der Waals surface area contributed by atoms with Crippen LogP contribution < -0.4 is 5.32 Å². The van der Waals surface area contributed by atoms with E-state index >= 15 is 0 Å². The summed E-state index contributed by atoms with van der Waals surface area (Å²) in [5, 5.41) is 3.71. The molecule has 1 aromatic heterocycles. The topological polar surface area (TPSA) is 29.9 Å². The summed E-state index contributed by atoms with van der Waals surface area (Å²) in [4.78, 5) is 4.50. The van der Waals surface area contributed by atoms with Crippen LogP contribution in [0.4, 0.5) is 0 Å². The molecule has 0 amide bonds. The van der Waals surface area contributed by atoms with Crippen LogP contribution in [-0.4, -0.2) is 22.1 Å². The predicted molar refractivity (Wildman–Crippen MR) is 80.2 cm³/mol. The third-order valence-electron chi connectivity index (χ3n) is 4.51. The van der Waals surface area contributed by atoms with E-state index < -0.39 is 0 Å². The molecule has 1 aliphatic rings. The van der Waals surface area contributed by atoms with Crippen molar-refractivity contribution in [2.75, 3.05) is 6.54 Å². The second kappa shape index (κ2) is 7.68. The Morgan fingerprint density at radius 1 is 1.26 bits per heavy atom. The smallest absolute Gasteiger partial charge is 0.109 e. The molecule has 1 fully saturated rings. The molecule has 0 aromatic carbocycles. The van der Waals surface area contributed by atoms with Crippen LogP contribution in [0.1, 0.15) is 57.7 Å². The van der Waals surface area contributed by atoms with E-state index in [2.05, 4.69) is 35.0 Å². The molecule has 0 spiro atoms. The first-order chi connectivity index (χ1) is 9.31. The molecule has 3 heteroatoms. The molecular formula is C16H29N3. The second-order valence-corrected chi connectivity index (χ2v) is 5.93. The number of aromatic nitrogens is 2. The number of nitrogens with zero attached hydrogens (tertiary/aromatic N) is 2. The van der Waals surface area contributed by atoms with Crippen molar-refractivity contribution < 1.29 is 0 Å². The summed E-state index contributed by atoms with van der Waals surface area (Å²) in [6.07, 6.45) is 14.9. The van der Waals surface area contributed by atoms with Gasteiger partial charge < -0.3 is 9.88 Å². The maximum absolute atomic E-state index is 4.50. The van der Waals surface area contributed by atoms with Crippen molar-refractivity contribution in [1.82, 2.24) is 14.9 Å². The van der Waals surface area contributed by atoms with E-state index in [0.29, 0.717) is 6.04 Å². The van der Waals surface area contributed by atoms with Gasteiger partial charge in [0.15, 0.2) is 0 Å². The van der Waals surface area contributed by atoms with Crippen LogP contribution in [0.5, 0.6) is 0 Å².